The highest BCUT2D eigenvalue weighted by atomic mass is 19.4. The van der Waals surface area contributed by atoms with Crippen LogP contribution in [0, 0.1) is 21.8 Å². The molecule has 1 aromatic heterocycles. The largest absolute Gasteiger partial charge is 0.573 e. The second-order valence-corrected chi connectivity index (χ2v) is 9.43. The van der Waals surface area contributed by atoms with Crippen LogP contribution in [0.5, 0.6) is 5.75 Å². The van der Waals surface area contributed by atoms with Crippen molar-refractivity contribution in [3.8, 4) is 5.75 Å². The molecular formula is C26H28F4N6O3. The molecule has 208 valence electrons. The number of anilines is 2. The molecule has 1 aliphatic rings. The Bertz CT molecular complexity index is 1300. The van der Waals surface area contributed by atoms with Gasteiger partial charge in [-0.3, -0.25) is 10.1 Å². The second kappa shape index (κ2) is 12.2. The van der Waals surface area contributed by atoms with Crippen molar-refractivity contribution in [2.45, 2.75) is 57.6 Å². The number of nitrogens with zero attached hydrogens (tertiary/aromatic N) is 3. The van der Waals surface area contributed by atoms with Gasteiger partial charge in [-0.15, -0.1) is 13.2 Å². The van der Waals surface area contributed by atoms with E-state index < -0.39 is 11.3 Å². The fourth-order valence-electron chi connectivity index (χ4n) is 4.74. The summed E-state index contributed by atoms with van der Waals surface area (Å²) in [6, 6.07) is 12.3. The first-order valence-electron chi connectivity index (χ1n) is 12.4. The predicted octanol–water partition coefficient (Wildman–Crippen LogP) is 5.51. The summed E-state index contributed by atoms with van der Waals surface area (Å²) in [6.45, 7) is 0.429. The molecule has 3 aromatic rings. The summed E-state index contributed by atoms with van der Waals surface area (Å²) < 4.78 is 55.6. The zero-order chi connectivity index (χ0) is 28.0. The van der Waals surface area contributed by atoms with Crippen molar-refractivity contribution in [1.29, 1.82) is 0 Å². The Balaban J connectivity index is 1.39. The number of hydrogen-bond acceptors (Lipinski definition) is 8. The Morgan fingerprint density at radius 1 is 1.05 bits per heavy atom. The minimum Gasteiger partial charge on any atom is -0.405 e. The molecule has 0 bridgehead atoms. The van der Waals surface area contributed by atoms with E-state index in [0.717, 1.165) is 31.2 Å². The molecule has 1 heterocycles. The number of aromatic nitrogens is 2. The van der Waals surface area contributed by atoms with Gasteiger partial charge in [0.15, 0.2) is 0 Å². The van der Waals surface area contributed by atoms with E-state index in [9.17, 15) is 27.7 Å². The molecule has 0 radical (unpaired) electrons. The standard InChI is InChI=1S/C26H28F4N6O3/c27-19-6-3-4-17(12-19)14-32-20-10-8-16(9-11-20)13-21-23(36(37)38)24(31)35-25(34-21)33-15-18-5-1-2-7-22(18)39-26(28,29)30/h1-7,12,16,20,32H,8-11,13-15H2,(H3,31,33,34,35). The summed E-state index contributed by atoms with van der Waals surface area (Å²) in [5, 5.41) is 18.0. The van der Waals surface area contributed by atoms with Crippen LogP contribution in [0.1, 0.15) is 42.5 Å². The number of alkyl halides is 3. The maximum Gasteiger partial charge on any atom is 0.573 e. The summed E-state index contributed by atoms with van der Waals surface area (Å²) in [7, 11) is 0. The van der Waals surface area contributed by atoms with Crippen molar-refractivity contribution in [3.05, 3.63) is 81.3 Å². The molecule has 13 heteroatoms. The van der Waals surface area contributed by atoms with E-state index in [-0.39, 0.29) is 58.8 Å². The summed E-state index contributed by atoms with van der Waals surface area (Å²) in [5.74, 6) is -0.885. The molecule has 1 fully saturated rings. The number of nitro groups is 1. The molecule has 4 rings (SSSR count). The van der Waals surface area contributed by atoms with Crippen LogP contribution in [0.3, 0.4) is 0 Å². The lowest BCUT2D eigenvalue weighted by Gasteiger charge is -2.29. The number of halogens is 4. The molecule has 4 N–H and O–H groups in total. The van der Waals surface area contributed by atoms with Gasteiger partial charge in [0.2, 0.25) is 11.8 Å². The third kappa shape index (κ3) is 7.99. The maximum atomic E-state index is 13.4. The molecule has 1 aliphatic carbocycles. The number of nitrogen functional groups attached to an aromatic ring is 1. The van der Waals surface area contributed by atoms with E-state index in [0.29, 0.717) is 13.0 Å². The molecule has 2 aromatic carbocycles. The van der Waals surface area contributed by atoms with Crippen LogP contribution < -0.4 is 21.1 Å². The summed E-state index contributed by atoms with van der Waals surface area (Å²) >= 11 is 0. The quantitative estimate of drug-likeness (QED) is 0.172. The Morgan fingerprint density at radius 3 is 2.49 bits per heavy atom. The fraction of sp³-hybridized carbons (Fsp3) is 0.385. The van der Waals surface area contributed by atoms with Crippen molar-refractivity contribution < 1.29 is 27.2 Å². The second-order valence-electron chi connectivity index (χ2n) is 9.43. The van der Waals surface area contributed by atoms with E-state index in [4.69, 9.17) is 5.73 Å². The maximum absolute atomic E-state index is 13.4. The van der Waals surface area contributed by atoms with E-state index >= 15 is 0 Å². The van der Waals surface area contributed by atoms with Gasteiger partial charge in [0.05, 0.1) is 4.92 Å². The SMILES string of the molecule is Nc1nc(NCc2ccccc2OC(F)(F)F)nc(CC2CCC(NCc3cccc(F)c3)CC2)c1[N+](=O)[O-]. The third-order valence-electron chi connectivity index (χ3n) is 6.61. The number of nitrogens with two attached hydrogens (primary N) is 1. The normalized spacial score (nSPS) is 17.5. The van der Waals surface area contributed by atoms with Gasteiger partial charge in [-0.2, -0.15) is 4.98 Å². The van der Waals surface area contributed by atoms with E-state index in [1.807, 2.05) is 6.07 Å². The van der Waals surface area contributed by atoms with Crippen molar-refractivity contribution in [2.75, 3.05) is 11.1 Å². The molecule has 0 amide bonds. The highest BCUT2D eigenvalue weighted by Gasteiger charge is 2.32. The van der Waals surface area contributed by atoms with Crippen LogP contribution >= 0.6 is 0 Å². The Hall–Kier alpha value is -4.00. The van der Waals surface area contributed by atoms with Crippen molar-refractivity contribution in [1.82, 2.24) is 15.3 Å². The van der Waals surface area contributed by atoms with E-state index in [2.05, 4.69) is 25.3 Å². The molecule has 0 unspecified atom stereocenters. The van der Waals surface area contributed by atoms with Gasteiger partial charge >= 0.3 is 12.0 Å². The Kier molecular flexibility index (Phi) is 8.79. The van der Waals surface area contributed by atoms with Crippen LogP contribution in [-0.4, -0.2) is 27.3 Å². The lowest BCUT2D eigenvalue weighted by molar-refractivity contribution is -0.385. The van der Waals surface area contributed by atoms with Gasteiger partial charge < -0.3 is 21.1 Å². The number of hydrogen-bond donors (Lipinski definition) is 3. The molecule has 39 heavy (non-hydrogen) atoms. The average Bonchev–Trinajstić information content (AvgIpc) is 2.86. The third-order valence-corrected chi connectivity index (χ3v) is 6.61. The zero-order valence-corrected chi connectivity index (χ0v) is 20.9. The molecule has 0 spiro atoms. The lowest BCUT2D eigenvalue weighted by atomic mass is 9.83. The molecule has 9 nitrogen and oxygen atoms in total. The topological polar surface area (TPSA) is 128 Å². The molecule has 0 saturated heterocycles. The number of nitrogens with one attached hydrogen (secondary N) is 2. The smallest absolute Gasteiger partial charge is 0.405 e. The first kappa shape index (κ1) is 28.0. The minimum absolute atomic E-state index is 0.0274. The van der Waals surface area contributed by atoms with E-state index in [1.165, 1.54) is 30.3 Å². The summed E-state index contributed by atoms with van der Waals surface area (Å²) in [4.78, 5) is 19.4. The number of benzene rings is 2. The van der Waals surface area contributed by atoms with Crippen molar-refractivity contribution >= 4 is 17.5 Å². The fourth-order valence-corrected chi connectivity index (χ4v) is 4.74. The van der Waals surface area contributed by atoms with Crippen LogP contribution in [0.2, 0.25) is 0 Å². The molecular weight excluding hydrogens is 520 g/mol. The highest BCUT2D eigenvalue weighted by Crippen LogP contribution is 2.33. The monoisotopic (exact) mass is 548 g/mol. The summed E-state index contributed by atoms with van der Waals surface area (Å²) in [5.41, 5.74) is 6.75. The lowest BCUT2D eigenvalue weighted by Crippen LogP contribution is -2.33. The Morgan fingerprint density at radius 2 is 1.79 bits per heavy atom. The van der Waals surface area contributed by atoms with Gasteiger partial charge in [0, 0.05) is 24.7 Å². The van der Waals surface area contributed by atoms with Crippen LogP contribution in [-0.2, 0) is 19.5 Å². The first-order chi connectivity index (χ1) is 18.6. The highest BCUT2D eigenvalue weighted by molar-refractivity contribution is 5.58. The van der Waals surface area contributed by atoms with Crippen LogP contribution in [0.25, 0.3) is 0 Å². The van der Waals surface area contributed by atoms with Gasteiger partial charge in [-0.05, 0) is 61.8 Å². The molecule has 0 atom stereocenters. The van der Waals surface area contributed by atoms with Gasteiger partial charge in [-0.25, -0.2) is 9.37 Å². The van der Waals surface area contributed by atoms with Gasteiger partial charge in [0.1, 0.15) is 17.3 Å². The van der Waals surface area contributed by atoms with Gasteiger partial charge in [-0.1, -0.05) is 30.3 Å². The van der Waals surface area contributed by atoms with E-state index in [1.54, 1.807) is 12.1 Å². The zero-order valence-electron chi connectivity index (χ0n) is 20.9. The van der Waals surface area contributed by atoms with Gasteiger partial charge in [0.25, 0.3) is 0 Å². The average molecular weight is 549 g/mol. The number of rotatable bonds is 10. The van der Waals surface area contributed by atoms with Crippen LogP contribution in [0.4, 0.5) is 35.0 Å². The van der Waals surface area contributed by atoms with Crippen molar-refractivity contribution in [3.63, 3.8) is 0 Å². The Labute approximate surface area is 221 Å². The number of ether oxygens (including phenoxy) is 1. The predicted molar refractivity (Wildman–Crippen MR) is 136 cm³/mol. The summed E-state index contributed by atoms with van der Waals surface area (Å²) in [6.07, 6.45) is -1.27. The van der Waals surface area contributed by atoms with Crippen LogP contribution in [0.15, 0.2) is 48.5 Å². The first-order valence-corrected chi connectivity index (χ1v) is 12.4. The number of para-hydroxylation sites is 1. The minimum atomic E-state index is -4.86. The molecule has 0 aliphatic heterocycles. The van der Waals surface area contributed by atoms with Crippen molar-refractivity contribution in [2.24, 2.45) is 5.92 Å². The molecule has 1 saturated carbocycles.